The van der Waals surface area contributed by atoms with Crippen molar-refractivity contribution in [2.24, 2.45) is 0 Å². The molecule has 6 nitrogen and oxygen atoms in total. The highest BCUT2D eigenvalue weighted by molar-refractivity contribution is 6.30. The van der Waals surface area contributed by atoms with Crippen LogP contribution < -0.4 is 10.5 Å². The van der Waals surface area contributed by atoms with Crippen LogP contribution in [-0.2, 0) is 11.3 Å². The van der Waals surface area contributed by atoms with E-state index in [0.29, 0.717) is 28.1 Å². The third-order valence-corrected chi connectivity index (χ3v) is 4.79. The van der Waals surface area contributed by atoms with Crippen LogP contribution in [-0.4, -0.2) is 22.2 Å². The van der Waals surface area contributed by atoms with Gasteiger partial charge in [-0.25, -0.2) is 4.79 Å². The van der Waals surface area contributed by atoms with Crippen LogP contribution in [0.4, 0.5) is 5.69 Å². The lowest BCUT2D eigenvalue weighted by atomic mass is 10.2. The summed E-state index contributed by atoms with van der Waals surface area (Å²) in [5.74, 6) is -0.133. The Balaban J connectivity index is 1.76. The van der Waals surface area contributed by atoms with Crippen LogP contribution in [0, 0.1) is 0 Å². The molecular weight excluding hydrogens is 378 g/mol. The minimum atomic E-state index is -0.465. The maximum absolute atomic E-state index is 13.1. The average molecular weight is 396 g/mol. The number of amides is 1. The van der Waals surface area contributed by atoms with Crippen LogP contribution in [0.5, 0.6) is 0 Å². The van der Waals surface area contributed by atoms with E-state index in [9.17, 15) is 9.59 Å². The van der Waals surface area contributed by atoms with E-state index < -0.39 is 5.63 Å². The largest absolute Gasteiger partial charge is 0.422 e. The molecule has 4 aromatic rings. The van der Waals surface area contributed by atoms with E-state index in [1.165, 1.54) is 6.20 Å². The van der Waals surface area contributed by atoms with E-state index in [1.807, 2.05) is 31.2 Å². The lowest BCUT2D eigenvalue weighted by Gasteiger charge is -2.22. The molecule has 0 saturated heterocycles. The van der Waals surface area contributed by atoms with Crippen LogP contribution in [0.3, 0.4) is 0 Å². The number of halogens is 1. The fourth-order valence-electron chi connectivity index (χ4n) is 3.32. The van der Waals surface area contributed by atoms with Gasteiger partial charge in [-0.15, -0.1) is 0 Å². The molecule has 28 heavy (non-hydrogen) atoms. The summed E-state index contributed by atoms with van der Waals surface area (Å²) in [6, 6.07) is 14.4. The number of hydrogen-bond acceptors (Lipinski definition) is 4. The van der Waals surface area contributed by atoms with E-state index in [4.69, 9.17) is 16.0 Å². The number of carbonyl (C=O) groups is 1. The highest BCUT2D eigenvalue weighted by Gasteiger charge is 2.19. The summed E-state index contributed by atoms with van der Waals surface area (Å²) in [6.45, 7) is 2.57. The summed E-state index contributed by atoms with van der Waals surface area (Å²) in [5, 5.41) is 5.95. The number of para-hydroxylation sites is 1. The predicted octanol–water partition coefficient (Wildman–Crippen LogP) is 4.24. The SMILES string of the molecule is CCCN(C(=O)Cn1ncc2c(=O)oc3ccccc3c21)c1cccc(Cl)c1. The number of fused-ring (bicyclic) bond motifs is 3. The molecule has 0 unspecified atom stereocenters. The normalized spacial score (nSPS) is 11.2. The Morgan fingerprint density at radius 2 is 2.00 bits per heavy atom. The van der Waals surface area contributed by atoms with Gasteiger partial charge >= 0.3 is 5.63 Å². The zero-order valence-electron chi connectivity index (χ0n) is 15.3. The molecule has 2 aromatic heterocycles. The molecule has 7 heteroatoms. The van der Waals surface area contributed by atoms with Crippen molar-refractivity contribution >= 4 is 45.1 Å². The molecule has 2 aromatic carbocycles. The molecule has 0 saturated carbocycles. The highest BCUT2D eigenvalue weighted by atomic mass is 35.5. The van der Waals surface area contributed by atoms with E-state index in [1.54, 1.807) is 33.8 Å². The van der Waals surface area contributed by atoms with Crippen LogP contribution >= 0.6 is 11.6 Å². The average Bonchev–Trinajstić information content (AvgIpc) is 3.10. The van der Waals surface area contributed by atoms with E-state index in [-0.39, 0.29) is 12.5 Å². The maximum atomic E-state index is 13.1. The van der Waals surface area contributed by atoms with E-state index >= 15 is 0 Å². The molecule has 0 radical (unpaired) electrons. The fourth-order valence-corrected chi connectivity index (χ4v) is 3.51. The van der Waals surface area contributed by atoms with Crippen LogP contribution in [0.15, 0.2) is 63.9 Å². The Labute approximate surface area is 165 Å². The number of anilines is 1. The number of aromatic nitrogens is 2. The number of rotatable bonds is 5. The van der Waals surface area contributed by atoms with Gasteiger partial charge in [0.2, 0.25) is 5.91 Å². The van der Waals surface area contributed by atoms with Gasteiger partial charge in [0.25, 0.3) is 0 Å². The standard InChI is InChI=1S/C21H18ClN3O3/c1-2-10-24(15-7-5-6-14(22)11-15)19(26)13-25-20-16-8-3-4-9-18(16)28-21(27)17(20)12-23-25/h3-9,11-12H,2,10,13H2,1H3. The van der Waals surface area contributed by atoms with Crippen molar-refractivity contribution in [1.82, 2.24) is 9.78 Å². The highest BCUT2D eigenvalue weighted by Crippen LogP contribution is 2.24. The first-order valence-electron chi connectivity index (χ1n) is 9.02. The molecule has 142 valence electrons. The Morgan fingerprint density at radius 1 is 1.18 bits per heavy atom. The second-order valence-electron chi connectivity index (χ2n) is 6.48. The molecule has 2 heterocycles. The maximum Gasteiger partial charge on any atom is 0.347 e. The van der Waals surface area contributed by atoms with Crippen molar-refractivity contribution < 1.29 is 9.21 Å². The number of carbonyl (C=O) groups excluding carboxylic acids is 1. The molecule has 4 rings (SSSR count). The Hall–Kier alpha value is -3.12. The molecule has 0 spiro atoms. The van der Waals surface area contributed by atoms with Gasteiger partial charge in [0, 0.05) is 22.6 Å². The second-order valence-corrected chi connectivity index (χ2v) is 6.91. The van der Waals surface area contributed by atoms with Gasteiger partial charge in [-0.1, -0.05) is 36.7 Å². The third kappa shape index (κ3) is 3.27. The molecule has 0 aliphatic heterocycles. The molecule has 0 atom stereocenters. The lowest BCUT2D eigenvalue weighted by molar-refractivity contribution is -0.119. The van der Waals surface area contributed by atoms with Gasteiger partial charge in [-0.3, -0.25) is 9.48 Å². The van der Waals surface area contributed by atoms with Crippen LogP contribution in [0.1, 0.15) is 13.3 Å². The van der Waals surface area contributed by atoms with E-state index in [0.717, 1.165) is 17.5 Å². The monoisotopic (exact) mass is 395 g/mol. The molecule has 0 aliphatic carbocycles. The smallest absolute Gasteiger partial charge is 0.347 e. The van der Waals surface area contributed by atoms with Crippen LogP contribution in [0.25, 0.3) is 21.9 Å². The quantitative estimate of drug-likeness (QED) is 0.474. The Morgan fingerprint density at radius 3 is 2.79 bits per heavy atom. The lowest BCUT2D eigenvalue weighted by Crippen LogP contribution is -2.34. The zero-order valence-corrected chi connectivity index (χ0v) is 16.0. The molecule has 1 amide bonds. The van der Waals surface area contributed by atoms with Crippen molar-refractivity contribution in [3.8, 4) is 0 Å². The molecule has 0 fully saturated rings. The molecule has 0 bridgehead atoms. The number of hydrogen-bond donors (Lipinski definition) is 0. The van der Waals surface area contributed by atoms with Gasteiger partial charge in [-0.05, 0) is 36.8 Å². The number of nitrogens with zero attached hydrogens (tertiary/aromatic N) is 3. The second kappa shape index (κ2) is 7.48. The van der Waals surface area contributed by atoms with Crippen molar-refractivity contribution in [2.45, 2.75) is 19.9 Å². The van der Waals surface area contributed by atoms with Crippen molar-refractivity contribution in [2.75, 3.05) is 11.4 Å². The Bertz CT molecular complexity index is 1230. The Kier molecular flexibility index (Phi) is 4.88. The predicted molar refractivity (Wildman–Crippen MR) is 110 cm³/mol. The van der Waals surface area contributed by atoms with Gasteiger partial charge in [0.1, 0.15) is 17.5 Å². The van der Waals surface area contributed by atoms with Crippen molar-refractivity contribution in [3.63, 3.8) is 0 Å². The summed E-state index contributed by atoms with van der Waals surface area (Å²) in [6.07, 6.45) is 2.25. The van der Waals surface area contributed by atoms with Gasteiger partial charge < -0.3 is 9.32 Å². The van der Waals surface area contributed by atoms with Crippen LogP contribution in [0.2, 0.25) is 5.02 Å². The summed E-state index contributed by atoms with van der Waals surface area (Å²) in [4.78, 5) is 27.0. The summed E-state index contributed by atoms with van der Waals surface area (Å²) >= 11 is 6.10. The van der Waals surface area contributed by atoms with Gasteiger partial charge in [0.05, 0.1) is 11.7 Å². The van der Waals surface area contributed by atoms with E-state index in [2.05, 4.69) is 5.10 Å². The number of benzene rings is 2. The first-order valence-corrected chi connectivity index (χ1v) is 9.39. The van der Waals surface area contributed by atoms with Gasteiger partial charge in [0.15, 0.2) is 0 Å². The first kappa shape index (κ1) is 18.3. The summed E-state index contributed by atoms with van der Waals surface area (Å²) in [5.41, 5.74) is 1.34. The van der Waals surface area contributed by atoms with Crippen molar-refractivity contribution in [1.29, 1.82) is 0 Å². The third-order valence-electron chi connectivity index (χ3n) is 4.56. The van der Waals surface area contributed by atoms with Gasteiger partial charge in [-0.2, -0.15) is 5.10 Å². The zero-order chi connectivity index (χ0) is 19.7. The summed E-state index contributed by atoms with van der Waals surface area (Å²) < 4.78 is 6.90. The topological polar surface area (TPSA) is 68.3 Å². The minimum Gasteiger partial charge on any atom is -0.422 e. The van der Waals surface area contributed by atoms with Crippen molar-refractivity contribution in [3.05, 3.63) is 70.2 Å². The minimum absolute atomic E-state index is 0.00343. The molecular formula is C21H18ClN3O3. The fraction of sp³-hybridized carbons (Fsp3) is 0.190. The molecule has 0 aliphatic rings. The summed E-state index contributed by atoms with van der Waals surface area (Å²) in [7, 11) is 0. The molecule has 0 N–H and O–H groups in total. The first-order chi connectivity index (χ1) is 13.6.